The zero-order valence-corrected chi connectivity index (χ0v) is 8.59. The fraction of sp³-hybridized carbons (Fsp3) is 0.500. The van der Waals surface area contributed by atoms with E-state index in [0.717, 1.165) is 31.5 Å². The number of halogens is 1. The Morgan fingerprint density at radius 1 is 1.33 bits per heavy atom. The number of nitrogens with one attached hydrogen (secondary N) is 2. The van der Waals surface area contributed by atoms with Crippen LogP contribution in [0, 0.1) is 5.82 Å². The largest absolute Gasteiger partial charge is 0.314 e. The highest BCUT2D eigenvalue weighted by atomic mass is 19.1. The van der Waals surface area contributed by atoms with Gasteiger partial charge in [-0.1, -0.05) is 12.1 Å². The van der Waals surface area contributed by atoms with E-state index in [2.05, 4.69) is 10.6 Å². The molecule has 15 heavy (non-hydrogen) atoms. The van der Waals surface area contributed by atoms with Gasteiger partial charge in [0.15, 0.2) is 0 Å². The molecule has 0 spiro atoms. The van der Waals surface area contributed by atoms with E-state index in [1.54, 1.807) is 12.1 Å². The third kappa shape index (κ3) is 1.66. The number of hydrogen-bond acceptors (Lipinski definition) is 2. The van der Waals surface area contributed by atoms with Crippen LogP contribution in [0.1, 0.15) is 18.4 Å². The van der Waals surface area contributed by atoms with Gasteiger partial charge in [0.2, 0.25) is 0 Å². The van der Waals surface area contributed by atoms with Gasteiger partial charge in [-0.15, -0.1) is 0 Å². The van der Waals surface area contributed by atoms with Gasteiger partial charge in [-0.3, -0.25) is 0 Å². The molecule has 1 aromatic carbocycles. The summed E-state index contributed by atoms with van der Waals surface area (Å²) in [4.78, 5) is 0. The molecule has 1 aliphatic carbocycles. The fourth-order valence-electron chi connectivity index (χ4n) is 2.21. The first-order valence-corrected chi connectivity index (χ1v) is 5.53. The summed E-state index contributed by atoms with van der Waals surface area (Å²) in [6.45, 7) is 2.08. The Hall–Kier alpha value is -0.930. The van der Waals surface area contributed by atoms with Gasteiger partial charge in [-0.05, 0) is 30.5 Å². The maximum Gasteiger partial charge on any atom is 0.123 e. The Labute approximate surface area is 88.9 Å². The van der Waals surface area contributed by atoms with Crippen molar-refractivity contribution in [2.75, 3.05) is 13.1 Å². The van der Waals surface area contributed by atoms with Crippen molar-refractivity contribution in [3.63, 3.8) is 0 Å². The van der Waals surface area contributed by atoms with Crippen molar-refractivity contribution in [2.24, 2.45) is 0 Å². The van der Waals surface area contributed by atoms with Crippen LogP contribution in [0.5, 0.6) is 0 Å². The summed E-state index contributed by atoms with van der Waals surface area (Å²) in [6, 6.07) is 7.55. The summed E-state index contributed by atoms with van der Waals surface area (Å²) in [5.74, 6) is -0.132. The summed E-state index contributed by atoms with van der Waals surface area (Å²) in [5, 5.41) is 6.86. The summed E-state index contributed by atoms with van der Waals surface area (Å²) >= 11 is 0. The van der Waals surface area contributed by atoms with Gasteiger partial charge in [0, 0.05) is 24.7 Å². The van der Waals surface area contributed by atoms with Gasteiger partial charge < -0.3 is 10.6 Å². The van der Waals surface area contributed by atoms with Crippen molar-refractivity contribution in [2.45, 2.75) is 24.4 Å². The minimum Gasteiger partial charge on any atom is -0.314 e. The van der Waals surface area contributed by atoms with Crippen molar-refractivity contribution in [1.29, 1.82) is 0 Å². The van der Waals surface area contributed by atoms with Crippen molar-refractivity contribution in [3.05, 3.63) is 35.6 Å². The quantitative estimate of drug-likeness (QED) is 0.780. The molecule has 1 aromatic rings. The van der Waals surface area contributed by atoms with Crippen LogP contribution in [-0.2, 0) is 5.54 Å². The number of hydrogen-bond donors (Lipinski definition) is 2. The third-order valence-corrected chi connectivity index (χ3v) is 3.39. The monoisotopic (exact) mass is 206 g/mol. The molecule has 2 fully saturated rings. The molecule has 2 nitrogen and oxygen atoms in total. The number of benzene rings is 1. The van der Waals surface area contributed by atoms with Crippen LogP contribution in [0.15, 0.2) is 24.3 Å². The van der Waals surface area contributed by atoms with Crippen LogP contribution in [0.4, 0.5) is 4.39 Å². The molecule has 0 radical (unpaired) electrons. The fourth-order valence-corrected chi connectivity index (χ4v) is 2.21. The summed E-state index contributed by atoms with van der Waals surface area (Å²) in [7, 11) is 0. The molecule has 0 bridgehead atoms. The molecular weight excluding hydrogens is 191 g/mol. The van der Waals surface area contributed by atoms with E-state index in [9.17, 15) is 4.39 Å². The second-order valence-corrected chi connectivity index (χ2v) is 4.59. The molecule has 1 saturated heterocycles. The average molecular weight is 206 g/mol. The summed E-state index contributed by atoms with van der Waals surface area (Å²) in [6.07, 6.45) is 2.26. The first-order valence-electron chi connectivity index (χ1n) is 5.53. The lowest BCUT2D eigenvalue weighted by Crippen LogP contribution is -2.58. The van der Waals surface area contributed by atoms with Crippen LogP contribution >= 0.6 is 0 Å². The maximum absolute atomic E-state index is 13.1. The molecule has 1 aliphatic heterocycles. The zero-order chi connectivity index (χ0) is 10.3. The highest BCUT2D eigenvalue weighted by molar-refractivity contribution is 5.31. The number of rotatable bonds is 3. The zero-order valence-electron chi connectivity index (χ0n) is 8.59. The SMILES string of the molecule is Fc1cccc(C2(NC3CNC3)CC2)c1. The van der Waals surface area contributed by atoms with E-state index in [1.807, 2.05) is 6.07 Å². The van der Waals surface area contributed by atoms with Crippen LogP contribution < -0.4 is 10.6 Å². The van der Waals surface area contributed by atoms with Gasteiger partial charge in [0.05, 0.1) is 0 Å². The van der Waals surface area contributed by atoms with E-state index in [4.69, 9.17) is 0 Å². The minimum absolute atomic E-state index is 0.0782. The maximum atomic E-state index is 13.1. The van der Waals surface area contributed by atoms with Gasteiger partial charge in [0.25, 0.3) is 0 Å². The topological polar surface area (TPSA) is 24.1 Å². The lowest BCUT2D eigenvalue weighted by atomic mass is 10.0. The van der Waals surface area contributed by atoms with Gasteiger partial charge in [0.1, 0.15) is 5.82 Å². The highest BCUT2D eigenvalue weighted by Gasteiger charge is 2.46. The lowest BCUT2D eigenvalue weighted by molar-refractivity contribution is 0.318. The highest BCUT2D eigenvalue weighted by Crippen LogP contribution is 2.46. The van der Waals surface area contributed by atoms with Crippen LogP contribution in [0.25, 0.3) is 0 Å². The van der Waals surface area contributed by atoms with E-state index in [-0.39, 0.29) is 11.4 Å². The normalized spacial score (nSPS) is 23.5. The van der Waals surface area contributed by atoms with Crippen LogP contribution in [-0.4, -0.2) is 19.1 Å². The molecule has 0 amide bonds. The smallest absolute Gasteiger partial charge is 0.123 e. The Morgan fingerprint density at radius 3 is 2.67 bits per heavy atom. The van der Waals surface area contributed by atoms with E-state index >= 15 is 0 Å². The van der Waals surface area contributed by atoms with Crippen molar-refractivity contribution >= 4 is 0 Å². The molecule has 80 valence electrons. The minimum atomic E-state index is -0.132. The molecule has 0 atom stereocenters. The predicted molar refractivity (Wildman–Crippen MR) is 57.1 cm³/mol. The molecular formula is C12H15FN2. The summed E-state index contributed by atoms with van der Waals surface area (Å²) in [5.41, 5.74) is 1.18. The molecule has 3 rings (SSSR count). The Bertz CT molecular complexity index is 370. The third-order valence-electron chi connectivity index (χ3n) is 3.39. The van der Waals surface area contributed by atoms with Crippen LogP contribution in [0.3, 0.4) is 0 Å². The molecule has 2 aliphatic rings. The molecule has 1 heterocycles. The second-order valence-electron chi connectivity index (χ2n) is 4.59. The van der Waals surface area contributed by atoms with E-state index in [1.165, 1.54) is 6.07 Å². The molecule has 0 aromatic heterocycles. The predicted octanol–water partition coefficient (Wildman–Crippen LogP) is 1.38. The standard InChI is InChI=1S/C12H15FN2/c13-10-3-1-2-9(6-10)12(4-5-12)15-11-7-14-8-11/h1-3,6,11,14-15H,4-5,7-8H2. The van der Waals surface area contributed by atoms with Crippen LogP contribution in [0.2, 0.25) is 0 Å². The van der Waals surface area contributed by atoms with Crippen molar-refractivity contribution < 1.29 is 4.39 Å². The molecule has 2 N–H and O–H groups in total. The Kier molecular flexibility index (Phi) is 2.04. The molecule has 0 unspecified atom stereocenters. The molecule has 1 saturated carbocycles. The van der Waals surface area contributed by atoms with E-state index in [0.29, 0.717) is 6.04 Å². The lowest BCUT2D eigenvalue weighted by Gasteiger charge is -2.33. The Balaban J connectivity index is 1.79. The first kappa shape index (κ1) is 9.31. The van der Waals surface area contributed by atoms with E-state index < -0.39 is 0 Å². The summed E-state index contributed by atoms with van der Waals surface area (Å²) < 4.78 is 13.1. The van der Waals surface area contributed by atoms with Crippen molar-refractivity contribution in [1.82, 2.24) is 10.6 Å². The molecule has 3 heteroatoms. The van der Waals surface area contributed by atoms with Gasteiger partial charge >= 0.3 is 0 Å². The first-order chi connectivity index (χ1) is 7.28. The Morgan fingerprint density at radius 2 is 2.13 bits per heavy atom. The van der Waals surface area contributed by atoms with Crippen molar-refractivity contribution in [3.8, 4) is 0 Å². The van der Waals surface area contributed by atoms with Gasteiger partial charge in [-0.2, -0.15) is 0 Å². The average Bonchev–Trinajstić information content (AvgIpc) is 2.93. The van der Waals surface area contributed by atoms with Gasteiger partial charge in [-0.25, -0.2) is 4.39 Å². The second kappa shape index (κ2) is 3.29.